The van der Waals surface area contributed by atoms with Gasteiger partial charge in [-0.2, -0.15) is 0 Å². The molecule has 0 N–H and O–H groups in total. The lowest BCUT2D eigenvalue weighted by atomic mass is 10.0. The van der Waals surface area contributed by atoms with Gasteiger partial charge in [0, 0.05) is 0 Å². The Morgan fingerprint density at radius 1 is 0.667 bits per heavy atom. The molecule has 12 heavy (non-hydrogen) atoms. The van der Waals surface area contributed by atoms with E-state index in [0.29, 0.717) is 23.7 Å². The van der Waals surface area contributed by atoms with Crippen LogP contribution in [0.25, 0.3) is 0 Å². The van der Waals surface area contributed by atoms with Gasteiger partial charge in [0.15, 0.2) is 0 Å². The molecule has 3 aliphatic carbocycles. The summed E-state index contributed by atoms with van der Waals surface area (Å²) in [6.07, 6.45) is 2.05. The molecule has 0 aromatic carbocycles. The van der Waals surface area contributed by atoms with Crippen molar-refractivity contribution in [3.63, 3.8) is 0 Å². The van der Waals surface area contributed by atoms with E-state index in [9.17, 15) is 0 Å². The van der Waals surface area contributed by atoms with Crippen molar-refractivity contribution in [2.45, 2.75) is 21.5 Å². The third kappa shape index (κ3) is 0.834. The molecular formula is C8H8Cl4. The number of rotatable bonds is 0. The summed E-state index contributed by atoms with van der Waals surface area (Å²) >= 11 is 24.3. The van der Waals surface area contributed by atoms with Gasteiger partial charge in [0.05, 0.1) is 0 Å². The summed E-state index contributed by atoms with van der Waals surface area (Å²) in [7, 11) is 0. The first kappa shape index (κ1) is 8.47. The average Bonchev–Trinajstić information content (AvgIpc) is 2.72. The molecule has 68 valence electrons. The molecule has 3 aliphatic rings. The monoisotopic (exact) mass is 244 g/mol. The molecule has 3 fully saturated rings. The predicted molar refractivity (Wildman–Crippen MR) is 52.1 cm³/mol. The Morgan fingerprint density at radius 2 is 0.917 bits per heavy atom. The quantitative estimate of drug-likeness (QED) is 0.572. The number of alkyl halides is 4. The highest BCUT2D eigenvalue weighted by molar-refractivity contribution is 6.52. The fraction of sp³-hybridized carbons (Fsp3) is 1.00. The van der Waals surface area contributed by atoms with Gasteiger partial charge in [0.25, 0.3) is 0 Å². The molecule has 0 aromatic rings. The van der Waals surface area contributed by atoms with Crippen molar-refractivity contribution in [3.8, 4) is 0 Å². The summed E-state index contributed by atoms with van der Waals surface area (Å²) in [5.74, 6) is 1.84. The van der Waals surface area contributed by atoms with Gasteiger partial charge in [-0.05, 0) is 36.5 Å². The van der Waals surface area contributed by atoms with Crippen LogP contribution in [-0.2, 0) is 0 Å². The van der Waals surface area contributed by atoms with E-state index in [-0.39, 0.29) is 0 Å². The molecule has 0 heterocycles. The van der Waals surface area contributed by atoms with E-state index in [1.807, 2.05) is 0 Å². The third-order valence-corrected chi connectivity index (χ3v) is 5.99. The van der Waals surface area contributed by atoms with Crippen molar-refractivity contribution in [1.82, 2.24) is 0 Å². The highest BCUT2D eigenvalue weighted by Gasteiger charge is 2.76. The minimum atomic E-state index is -0.447. The smallest absolute Gasteiger partial charge is 0.101 e. The first-order valence-corrected chi connectivity index (χ1v) is 5.72. The zero-order valence-electron chi connectivity index (χ0n) is 6.24. The highest BCUT2D eigenvalue weighted by atomic mass is 35.5. The predicted octanol–water partition coefficient (Wildman–Crippen LogP) is 3.62. The molecule has 0 nitrogen and oxygen atoms in total. The third-order valence-electron chi connectivity index (χ3n) is 3.75. The van der Waals surface area contributed by atoms with Crippen LogP contribution < -0.4 is 0 Å². The molecule has 0 unspecified atom stereocenters. The van der Waals surface area contributed by atoms with Gasteiger partial charge in [-0.15, -0.1) is 46.4 Å². The number of hydrogen-bond acceptors (Lipinski definition) is 0. The molecule has 3 saturated carbocycles. The minimum absolute atomic E-state index is 0.447. The number of hydrogen-bond donors (Lipinski definition) is 0. The zero-order chi connectivity index (χ0) is 8.72. The molecule has 0 radical (unpaired) electrons. The Bertz CT molecular complexity index is 201. The van der Waals surface area contributed by atoms with Crippen LogP contribution >= 0.6 is 46.4 Å². The van der Waals surface area contributed by atoms with E-state index < -0.39 is 8.67 Å². The van der Waals surface area contributed by atoms with Crippen molar-refractivity contribution in [3.05, 3.63) is 0 Å². The van der Waals surface area contributed by atoms with Crippen LogP contribution in [0.1, 0.15) is 12.8 Å². The summed E-state index contributed by atoms with van der Waals surface area (Å²) in [4.78, 5) is 0. The van der Waals surface area contributed by atoms with E-state index in [4.69, 9.17) is 46.4 Å². The SMILES string of the molecule is ClC1(Cl)[C@@H]2C[C@H]3[C@H](C[C@H]21)C3(Cl)Cl. The van der Waals surface area contributed by atoms with Gasteiger partial charge >= 0.3 is 0 Å². The van der Waals surface area contributed by atoms with Crippen LogP contribution in [0.5, 0.6) is 0 Å². The maximum Gasteiger partial charge on any atom is 0.124 e. The van der Waals surface area contributed by atoms with Crippen molar-refractivity contribution in [2.24, 2.45) is 23.7 Å². The second-order valence-electron chi connectivity index (χ2n) is 4.25. The molecule has 4 atom stereocenters. The molecule has 0 aromatic heterocycles. The van der Waals surface area contributed by atoms with Gasteiger partial charge < -0.3 is 0 Å². The normalized spacial score (nSPS) is 57.0. The van der Waals surface area contributed by atoms with E-state index in [0.717, 1.165) is 12.8 Å². The second kappa shape index (κ2) is 2.05. The van der Waals surface area contributed by atoms with Crippen LogP contribution in [-0.4, -0.2) is 8.67 Å². The van der Waals surface area contributed by atoms with Crippen molar-refractivity contribution in [1.29, 1.82) is 0 Å². The lowest BCUT2D eigenvalue weighted by Crippen LogP contribution is -1.96. The Morgan fingerprint density at radius 3 is 1.17 bits per heavy atom. The second-order valence-corrected chi connectivity index (χ2v) is 7.14. The van der Waals surface area contributed by atoms with Crippen LogP contribution in [0.3, 0.4) is 0 Å². The lowest BCUT2D eigenvalue weighted by Gasteiger charge is -2.01. The van der Waals surface area contributed by atoms with Gasteiger partial charge in [-0.1, -0.05) is 0 Å². The first-order chi connectivity index (χ1) is 5.45. The summed E-state index contributed by atoms with van der Waals surface area (Å²) in [6.45, 7) is 0. The van der Waals surface area contributed by atoms with Gasteiger partial charge in [0.1, 0.15) is 8.67 Å². The summed E-state index contributed by atoms with van der Waals surface area (Å²) in [6, 6.07) is 0. The zero-order valence-corrected chi connectivity index (χ0v) is 9.26. The Balaban J connectivity index is 1.80. The molecular weight excluding hydrogens is 238 g/mol. The Hall–Kier alpha value is 1.16. The number of halogens is 4. The van der Waals surface area contributed by atoms with Crippen molar-refractivity contribution in [2.75, 3.05) is 0 Å². The number of fused-ring (bicyclic) bond motifs is 2. The average molecular weight is 246 g/mol. The fourth-order valence-corrected chi connectivity index (χ4v) is 4.43. The van der Waals surface area contributed by atoms with Crippen LogP contribution in [0.4, 0.5) is 0 Å². The van der Waals surface area contributed by atoms with Crippen LogP contribution in [0, 0.1) is 23.7 Å². The van der Waals surface area contributed by atoms with Crippen LogP contribution in [0.2, 0.25) is 0 Å². The minimum Gasteiger partial charge on any atom is -0.101 e. The Kier molecular flexibility index (Phi) is 1.45. The van der Waals surface area contributed by atoms with E-state index in [2.05, 4.69) is 0 Å². The molecule has 0 saturated heterocycles. The molecule has 0 spiro atoms. The Labute approximate surface area is 91.5 Å². The first-order valence-electron chi connectivity index (χ1n) is 4.21. The fourth-order valence-electron chi connectivity index (χ4n) is 2.75. The largest absolute Gasteiger partial charge is 0.124 e. The standard InChI is InChI=1S/C8H8Cl4/c9-7(10)3-1-4-6(2-5(3)7)8(4,11)12/h3-6H,1-2H2/t3-,4+,5-,6+. The van der Waals surface area contributed by atoms with E-state index in [1.165, 1.54) is 0 Å². The molecule has 0 aliphatic heterocycles. The highest BCUT2D eigenvalue weighted by Crippen LogP contribution is 2.77. The maximum atomic E-state index is 6.07. The maximum absolute atomic E-state index is 6.07. The molecule has 4 heteroatoms. The van der Waals surface area contributed by atoms with Gasteiger partial charge in [-0.3, -0.25) is 0 Å². The molecule has 3 rings (SSSR count). The van der Waals surface area contributed by atoms with Crippen molar-refractivity contribution >= 4 is 46.4 Å². The van der Waals surface area contributed by atoms with Crippen molar-refractivity contribution < 1.29 is 0 Å². The molecule has 0 amide bonds. The van der Waals surface area contributed by atoms with Gasteiger partial charge in [-0.25, -0.2) is 0 Å². The molecule has 0 bridgehead atoms. The lowest BCUT2D eigenvalue weighted by molar-refractivity contribution is 0.457. The summed E-state index contributed by atoms with van der Waals surface area (Å²) < 4.78 is -0.894. The van der Waals surface area contributed by atoms with Gasteiger partial charge in [0.2, 0.25) is 0 Å². The van der Waals surface area contributed by atoms with E-state index in [1.54, 1.807) is 0 Å². The topological polar surface area (TPSA) is 0 Å². The summed E-state index contributed by atoms with van der Waals surface area (Å²) in [5, 5.41) is 0. The summed E-state index contributed by atoms with van der Waals surface area (Å²) in [5.41, 5.74) is 0. The van der Waals surface area contributed by atoms with E-state index >= 15 is 0 Å². The van der Waals surface area contributed by atoms with Crippen LogP contribution in [0.15, 0.2) is 0 Å².